The van der Waals surface area contributed by atoms with E-state index in [1.807, 2.05) is 43.3 Å². The Morgan fingerprint density at radius 1 is 0.957 bits per heavy atom. The summed E-state index contributed by atoms with van der Waals surface area (Å²) in [4.78, 5) is 0. The van der Waals surface area contributed by atoms with Gasteiger partial charge < -0.3 is 19.9 Å². The van der Waals surface area contributed by atoms with E-state index < -0.39 is 0 Å². The lowest BCUT2D eigenvalue weighted by Crippen LogP contribution is -2.15. The van der Waals surface area contributed by atoms with Gasteiger partial charge in [-0.25, -0.2) is 0 Å². The zero-order valence-electron chi connectivity index (χ0n) is 13.8. The number of para-hydroxylation sites is 2. The SMILES string of the molecule is CCOc1ccc(C(CN)CCOc2ccccc2OC)cc1. The molecule has 0 spiro atoms. The van der Waals surface area contributed by atoms with Crippen LogP contribution < -0.4 is 19.9 Å². The summed E-state index contributed by atoms with van der Waals surface area (Å²) in [6.45, 7) is 3.83. The highest BCUT2D eigenvalue weighted by Crippen LogP contribution is 2.27. The molecule has 0 aromatic heterocycles. The van der Waals surface area contributed by atoms with E-state index in [0.717, 1.165) is 23.7 Å². The fraction of sp³-hybridized carbons (Fsp3) is 0.368. The van der Waals surface area contributed by atoms with Crippen molar-refractivity contribution in [2.75, 3.05) is 26.9 Å². The van der Waals surface area contributed by atoms with Gasteiger partial charge in [0.15, 0.2) is 11.5 Å². The molecule has 1 atom stereocenters. The van der Waals surface area contributed by atoms with Gasteiger partial charge in [-0.15, -0.1) is 0 Å². The van der Waals surface area contributed by atoms with Gasteiger partial charge in [0.1, 0.15) is 5.75 Å². The predicted octanol–water partition coefficient (Wildman–Crippen LogP) is 3.61. The third-order valence-corrected chi connectivity index (χ3v) is 3.74. The molecule has 0 saturated carbocycles. The molecule has 0 radical (unpaired) electrons. The molecule has 0 amide bonds. The molecule has 0 aliphatic heterocycles. The molecule has 4 heteroatoms. The molecule has 2 rings (SSSR count). The minimum atomic E-state index is 0.264. The molecule has 4 nitrogen and oxygen atoms in total. The van der Waals surface area contributed by atoms with E-state index in [1.165, 1.54) is 5.56 Å². The zero-order chi connectivity index (χ0) is 16.5. The Morgan fingerprint density at radius 2 is 1.65 bits per heavy atom. The van der Waals surface area contributed by atoms with Crippen LogP contribution in [0.1, 0.15) is 24.8 Å². The molecular formula is C19H25NO3. The van der Waals surface area contributed by atoms with E-state index >= 15 is 0 Å². The summed E-state index contributed by atoms with van der Waals surface area (Å²) in [5.41, 5.74) is 7.13. The Bertz CT molecular complexity index is 583. The second kappa shape index (κ2) is 9.06. The van der Waals surface area contributed by atoms with Crippen LogP contribution in [0, 0.1) is 0 Å². The Labute approximate surface area is 138 Å². The summed E-state index contributed by atoms with van der Waals surface area (Å²) >= 11 is 0. The standard InChI is InChI=1S/C19H25NO3/c1-3-22-17-10-8-15(9-11-17)16(14-20)12-13-23-19-7-5-4-6-18(19)21-2/h4-11,16H,3,12-14,20H2,1-2H3. The smallest absolute Gasteiger partial charge is 0.161 e. The van der Waals surface area contributed by atoms with E-state index in [-0.39, 0.29) is 5.92 Å². The van der Waals surface area contributed by atoms with Crippen molar-refractivity contribution in [3.8, 4) is 17.2 Å². The lowest BCUT2D eigenvalue weighted by molar-refractivity contribution is 0.280. The summed E-state index contributed by atoms with van der Waals surface area (Å²) in [6, 6.07) is 15.8. The fourth-order valence-electron chi connectivity index (χ4n) is 2.47. The molecule has 0 fully saturated rings. The average molecular weight is 315 g/mol. The van der Waals surface area contributed by atoms with E-state index in [2.05, 4.69) is 12.1 Å². The second-order valence-electron chi connectivity index (χ2n) is 5.22. The maximum absolute atomic E-state index is 5.93. The number of benzene rings is 2. The van der Waals surface area contributed by atoms with Crippen LogP contribution in [-0.4, -0.2) is 26.9 Å². The van der Waals surface area contributed by atoms with Crippen molar-refractivity contribution in [2.45, 2.75) is 19.3 Å². The third kappa shape index (κ3) is 4.89. The molecule has 124 valence electrons. The van der Waals surface area contributed by atoms with Gasteiger partial charge in [0.25, 0.3) is 0 Å². The van der Waals surface area contributed by atoms with Crippen LogP contribution in [0.3, 0.4) is 0 Å². The average Bonchev–Trinajstić information content (AvgIpc) is 2.60. The van der Waals surface area contributed by atoms with E-state index in [1.54, 1.807) is 7.11 Å². The second-order valence-corrected chi connectivity index (χ2v) is 5.22. The molecule has 0 heterocycles. The fourth-order valence-corrected chi connectivity index (χ4v) is 2.47. The number of rotatable bonds is 9. The number of nitrogens with two attached hydrogens (primary N) is 1. The summed E-state index contributed by atoms with van der Waals surface area (Å²) in [5.74, 6) is 2.66. The van der Waals surface area contributed by atoms with Crippen LogP contribution in [-0.2, 0) is 0 Å². The predicted molar refractivity (Wildman–Crippen MR) is 92.5 cm³/mol. The van der Waals surface area contributed by atoms with Crippen molar-refractivity contribution in [3.63, 3.8) is 0 Å². The lowest BCUT2D eigenvalue weighted by Gasteiger charge is -2.17. The normalized spacial score (nSPS) is 11.8. The highest BCUT2D eigenvalue weighted by molar-refractivity contribution is 5.39. The lowest BCUT2D eigenvalue weighted by atomic mass is 9.96. The van der Waals surface area contributed by atoms with E-state index in [0.29, 0.717) is 19.8 Å². The van der Waals surface area contributed by atoms with Crippen molar-refractivity contribution in [1.29, 1.82) is 0 Å². The Hall–Kier alpha value is -2.20. The highest BCUT2D eigenvalue weighted by atomic mass is 16.5. The first-order chi connectivity index (χ1) is 11.3. The minimum absolute atomic E-state index is 0.264. The van der Waals surface area contributed by atoms with Crippen molar-refractivity contribution in [1.82, 2.24) is 0 Å². The van der Waals surface area contributed by atoms with Crippen molar-refractivity contribution < 1.29 is 14.2 Å². The summed E-state index contributed by atoms with van der Waals surface area (Å²) in [5, 5.41) is 0. The topological polar surface area (TPSA) is 53.7 Å². The molecule has 1 unspecified atom stereocenters. The summed E-state index contributed by atoms with van der Waals surface area (Å²) in [6.07, 6.45) is 0.850. The van der Waals surface area contributed by atoms with Crippen LogP contribution >= 0.6 is 0 Å². The highest BCUT2D eigenvalue weighted by Gasteiger charge is 2.11. The first-order valence-corrected chi connectivity index (χ1v) is 7.97. The maximum atomic E-state index is 5.93. The number of ether oxygens (including phenoxy) is 3. The van der Waals surface area contributed by atoms with Crippen LogP contribution in [0.5, 0.6) is 17.2 Å². The monoisotopic (exact) mass is 315 g/mol. The minimum Gasteiger partial charge on any atom is -0.494 e. The van der Waals surface area contributed by atoms with Gasteiger partial charge in [-0.1, -0.05) is 24.3 Å². The third-order valence-electron chi connectivity index (χ3n) is 3.74. The van der Waals surface area contributed by atoms with Crippen LogP contribution in [0.2, 0.25) is 0 Å². The molecular weight excluding hydrogens is 290 g/mol. The number of hydrogen-bond acceptors (Lipinski definition) is 4. The molecule has 0 bridgehead atoms. The van der Waals surface area contributed by atoms with Crippen LogP contribution in [0.4, 0.5) is 0 Å². The van der Waals surface area contributed by atoms with Gasteiger partial charge in [-0.2, -0.15) is 0 Å². The van der Waals surface area contributed by atoms with Gasteiger partial charge in [0, 0.05) is 0 Å². The Kier molecular flexibility index (Phi) is 6.76. The van der Waals surface area contributed by atoms with E-state index in [9.17, 15) is 0 Å². The quantitative estimate of drug-likeness (QED) is 0.768. The molecule has 2 aromatic rings. The Morgan fingerprint density at radius 3 is 2.26 bits per heavy atom. The van der Waals surface area contributed by atoms with Gasteiger partial charge >= 0.3 is 0 Å². The number of hydrogen-bond donors (Lipinski definition) is 1. The zero-order valence-corrected chi connectivity index (χ0v) is 13.8. The maximum Gasteiger partial charge on any atom is 0.161 e. The first-order valence-electron chi connectivity index (χ1n) is 7.97. The molecule has 0 saturated heterocycles. The molecule has 2 aromatic carbocycles. The molecule has 2 N–H and O–H groups in total. The van der Waals surface area contributed by atoms with Crippen LogP contribution in [0.15, 0.2) is 48.5 Å². The van der Waals surface area contributed by atoms with Crippen molar-refractivity contribution >= 4 is 0 Å². The molecule has 23 heavy (non-hydrogen) atoms. The summed E-state index contributed by atoms with van der Waals surface area (Å²) < 4.78 is 16.6. The van der Waals surface area contributed by atoms with Crippen molar-refractivity contribution in [3.05, 3.63) is 54.1 Å². The van der Waals surface area contributed by atoms with E-state index in [4.69, 9.17) is 19.9 Å². The largest absolute Gasteiger partial charge is 0.494 e. The summed E-state index contributed by atoms with van der Waals surface area (Å²) in [7, 11) is 1.64. The van der Waals surface area contributed by atoms with Crippen LogP contribution in [0.25, 0.3) is 0 Å². The number of methoxy groups -OCH3 is 1. The van der Waals surface area contributed by atoms with Gasteiger partial charge in [0.2, 0.25) is 0 Å². The first kappa shape index (κ1) is 17.2. The molecule has 0 aliphatic carbocycles. The Balaban J connectivity index is 1.92. The molecule has 0 aliphatic rings. The van der Waals surface area contributed by atoms with Gasteiger partial charge in [0.05, 0.1) is 20.3 Å². The van der Waals surface area contributed by atoms with Gasteiger partial charge in [-0.05, 0) is 55.6 Å². The van der Waals surface area contributed by atoms with Gasteiger partial charge in [-0.3, -0.25) is 0 Å². The van der Waals surface area contributed by atoms with Crippen molar-refractivity contribution in [2.24, 2.45) is 5.73 Å².